The van der Waals surface area contributed by atoms with E-state index < -0.39 is 12.1 Å². The summed E-state index contributed by atoms with van der Waals surface area (Å²) in [7, 11) is 1.35. The van der Waals surface area contributed by atoms with Crippen LogP contribution >= 0.6 is 11.3 Å². The second kappa shape index (κ2) is 6.74. The number of hydrogen-bond donors (Lipinski definition) is 1. The normalized spacial score (nSPS) is 21.5. The SMILES string of the molecule is COC(=O)[C@H]1C[C@@H](O)CN1Cc1csc(-c2ccc(F)cc2)n1. The molecule has 2 atom stereocenters. The van der Waals surface area contributed by atoms with Gasteiger partial charge in [-0.15, -0.1) is 11.3 Å². The lowest BCUT2D eigenvalue weighted by molar-refractivity contribution is -0.146. The smallest absolute Gasteiger partial charge is 0.323 e. The third-order valence-corrected chi connectivity index (χ3v) is 4.80. The number of benzene rings is 1. The molecule has 1 aromatic carbocycles. The largest absolute Gasteiger partial charge is 0.468 e. The molecule has 0 saturated carbocycles. The van der Waals surface area contributed by atoms with E-state index in [4.69, 9.17) is 4.74 Å². The molecule has 1 N–H and O–H groups in total. The quantitative estimate of drug-likeness (QED) is 0.866. The first-order valence-corrected chi connectivity index (χ1v) is 8.15. The van der Waals surface area contributed by atoms with Crippen LogP contribution in [0.4, 0.5) is 4.39 Å². The fraction of sp³-hybridized carbons (Fsp3) is 0.375. The maximum absolute atomic E-state index is 13.0. The van der Waals surface area contributed by atoms with Gasteiger partial charge in [0, 0.05) is 30.5 Å². The first-order valence-electron chi connectivity index (χ1n) is 7.27. The van der Waals surface area contributed by atoms with Gasteiger partial charge in [-0.05, 0) is 24.3 Å². The number of carbonyl (C=O) groups excluding carboxylic acids is 1. The summed E-state index contributed by atoms with van der Waals surface area (Å²) >= 11 is 1.47. The molecule has 1 aliphatic rings. The molecule has 1 aliphatic heterocycles. The Morgan fingerprint density at radius 1 is 1.48 bits per heavy atom. The summed E-state index contributed by atoms with van der Waals surface area (Å²) in [6.45, 7) is 0.887. The summed E-state index contributed by atoms with van der Waals surface area (Å²) in [5.41, 5.74) is 1.67. The highest BCUT2D eigenvalue weighted by Crippen LogP contribution is 2.26. The number of nitrogens with zero attached hydrogens (tertiary/aromatic N) is 2. The van der Waals surface area contributed by atoms with Crippen molar-refractivity contribution in [1.82, 2.24) is 9.88 Å². The minimum absolute atomic E-state index is 0.280. The average molecular weight is 336 g/mol. The molecule has 3 rings (SSSR count). The molecule has 23 heavy (non-hydrogen) atoms. The van der Waals surface area contributed by atoms with Crippen LogP contribution in [0.1, 0.15) is 12.1 Å². The van der Waals surface area contributed by atoms with E-state index in [0.717, 1.165) is 16.3 Å². The molecule has 7 heteroatoms. The molecule has 2 aromatic rings. The van der Waals surface area contributed by atoms with Crippen LogP contribution in [-0.2, 0) is 16.1 Å². The first-order chi connectivity index (χ1) is 11.1. The highest BCUT2D eigenvalue weighted by Gasteiger charge is 2.36. The van der Waals surface area contributed by atoms with Crippen molar-refractivity contribution in [3.8, 4) is 10.6 Å². The predicted molar refractivity (Wildman–Crippen MR) is 84.3 cm³/mol. The lowest BCUT2D eigenvalue weighted by atomic mass is 10.2. The topological polar surface area (TPSA) is 62.7 Å². The molecule has 1 fully saturated rings. The van der Waals surface area contributed by atoms with Crippen LogP contribution in [0.3, 0.4) is 0 Å². The maximum Gasteiger partial charge on any atom is 0.323 e. The lowest BCUT2D eigenvalue weighted by Gasteiger charge is -2.20. The molecule has 122 valence electrons. The molecule has 0 bridgehead atoms. The van der Waals surface area contributed by atoms with E-state index in [-0.39, 0.29) is 11.8 Å². The second-order valence-corrected chi connectivity index (χ2v) is 6.37. The highest BCUT2D eigenvalue weighted by molar-refractivity contribution is 7.13. The van der Waals surface area contributed by atoms with Crippen LogP contribution in [0.5, 0.6) is 0 Å². The Hall–Kier alpha value is -1.83. The van der Waals surface area contributed by atoms with E-state index in [2.05, 4.69) is 4.98 Å². The molecule has 0 spiro atoms. The minimum atomic E-state index is -0.533. The van der Waals surface area contributed by atoms with Crippen molar-refractivity contribution in [2.45, 2.75) is 25.1 Å². The number of β-amino-alcohol motifs (C(OH)–C–C–N with tert-alkyl or cyclic N) is 1. The van der Waals surface area contributed by atoms with Crippen molar-refractivity contribution in [3.05, 3.63) is 41.2 Å². The van der Waals surface area contributed by atoms with Gasteiger partial charge in [-0.2, -0.15) is 0 Å². The molecule has 0 aliphatic carbocycles. The minimum Gasteiger partial charge on any atom is -0.468 e. The van der Waals surface area contributed by atoms with E-state index in [1.807, 2.05) is 10.3 Å². The number of hydrogen-bond acceptors (Lipinski definition) is 6. The number of rotatable bonds is 4. The fourth-order valence-electron chi connectivity index (χ4n) is 2.75. The van der Waals surface area contributed by atoms with Crippen molar-refractivity contribution in [2.24, 2.45) is 0 Å². The second-order valence-electron chi connectivity index (χ2n) is 5.51. The Kier molecular flexibility index (Phi) is 4.70. The van der Waals surface area contributed by atoms with Gasteiger partial charge in [0.05, 0.1) is 18.9 Å². The number of thiazole rings is 1. The van der Waals surface area contributed by atoms with Crippen molar-refractivity contribution >= 4 is 17.3 Å². The van der Waals surface area contributed by atoms with Gasteiger partial charge in [0.15, 0.2) is 0 Å². The standard InChI is InChI=1S/C16H17FN2O3S/c1-22-16(21)14-6-13(20)8-19(14)7-12-9-23-15(18-12)10-2-4-11(17)5-3-10/h2-5,9,13-14,20H,6-8H2,1H3/t13-,14-/m1/s1. The Morgan fingerprint density at radius 2 is 2.22 bits per heavy atom. The monoisotopic (exact) mass is 336 g/mol. The number of carbonyl (C=O) groups is 1. The molecule has 2 heterocycles. The van der Waals surface area contributed by atoms with E-state index in [1.54, 1.807) is 12.1 Å². The number of aromatic nitrogens is 1. The summed E-state index contributed by atoms with van der Waals surface area (Å²) in [6, 6.07) is 5.75. The number of aliphatic hydroxyl groups is 1. The van der Waals surface area contributed by atoms with Crippen molar-refractivity contribution < 1.29 is 19.0 Å². The number of esters is 1. The number of ether oxygens (including phenoxy) is 1. The summed E-state index contributed by atoms with van der Waals surface area (Å²) in [6.07, 6.45) is -0.156. The fourth-order valence-corrected chi connectivity index (χ4v) is 3.57. The van der Waals surface area contributed by atoms with Crippen molar-refractivity contribution in [2.75, 3.05) is 13.7 Å². The van der Waals surface area contributed by atoms with Gasteiger partial charge in [0.2, 0.25) is 0 Å². The third kappa shape index (κ3) is 3.57. The van der Waals surface area contributed by atoms with Gasteiger partial charge in [-0.25, -0.2) is 9.37 Å². The molecule has 0 amide bonds. The van der Waals surface area contributed by atoms with Crippen LogP contribution in [0.25, 0.3) is 10.6 Å². The lowest BCUT2D eigenvalue weighted by Crippen LogP contribution is -2.36. The number of likely N-dealkylation sites (tertiary alicyclic amines) is 1. The van der Waals surface area contributed by atoms with Gasteiger partial charge in [0.25, 0.3) is 0 Å². The molecule has 5 nitrogen and oxygen atoms in total. The molecule has 0 radical (unpaired) electrons. The van der Waals surface area contributed by atoms with Crippen LogP contribution in [0, 0.1) is 5.82 Å². The van der Waals surface area contributed by atoms with Gasteiger partial charge in [-0.1, -0.05) is 0 Å². The van der Waals surface area contributed by atoms with Crippen LogP contribution in [0.2, 0.25) is 0 Å². The molecular formula is C16H17FN2O3S. The Bertz CT molecular complexity index is 689. The summed E-state index contributed by atoms with van der Waals surface area (Å²) < 4.78 is 17.8. The average Bonchev–Trinajstić information content (AvgIpc) is 3.14. The summed E-state index contributed by atoms with van der Waals surface area (Å²) in [5.74, 6) is -0.618. The molecule has 0 unspecified atom stereocenters. The molecule has 1 aromatic heterocycles. The van der Waals surface area contributed by atoms with Crippen LogP contribution in [0.15, 0.2) is 29.6 Å². The van der Waals surface area contributed by atoms with E-state index >= 15 is 0 Å². The summed E-state index contributed by atoms with van der Waals surface area (Å²) in [5, 5.41) is 12.5. The number of methoxy groups -OCH3 is 1. The Morgan fingerprint density at radius 3 is 2.91 bits per heavy atom. The van der Waals surface area contributed by atoms with Gasteiger partial charge in [0.1, 0.15) is 16.9 Å². The van der Waals surface area contributed by atoms with Gasteiger partial charge >= 0.3 is 5.97 Å². The maximum atomic E-state index is 13.0. The van der Waals surface area contributed by atoms with Gasteiger partial charge < -0.3 is 9.84 Å². The highest BCUT2D eigenvalue weighted by atomic mass is 32.1. The summed E-state index contributed by atoms with van der Waals surface area (Å²) in [4.78, 5) is 18.2. The van der Waals surface area contributed by atoms with Crippen LogP contribution < -0.4 is 0 Å². The van der Waals surface area contributed by atoms with Crippen molar-refractivity contribution in [3.63, 3.8) is 0 Å². The Balaban J connectivity index is 1.73. The third-order valence-electron chi connectivity index (χ3n) is 3.86. The van der Waals surface area contributed by atoms with Crippen LogP contribution in [-0.4, -0.2) is 46.8 Å². The zero-order chi connectivity index (χ0) is 16.4. The van der Waals surface area contributed by atoms with Gasteiger partial charge in [-0.3, -0.25) is 9.69 Å². The molecular weight excluding hydrogens is 319 g/mol. The number of halogens is 1. The predicted octanol–water partition coefficient (Wildman–Crippen LogP) is 2.06. The molecule has 1 saturated heterocycles. The number of aliphatic hydroxyl groups excluding tert-OH is 1. The van der Waals surface area contributed by atoms with E-state index in [1.165, 1.54) is 30.6 Å². The van der Waals surface area contributed by atoms with Crippen molar-refractivity contribution in [1.29, 1.82) is 0 Å². The zero-order valence-corrected chi connectivity index (χ0v) is 13.4. The first kappa shape index (κ1) is 16.0. The van der Waals surface area contributed by atoms with E-state index in [9.17, 15) is 14.3 Å². The Labute approximate surface area is 137 Å². The zero-order valence-electron chi connectivity index (χ0n) is 12.6. The van der Waals surface area contributed by atoms with E-state index in [0.29, 0.717) is 19.5 Å².